The first-order valence-electron chi connectivity index (χ1n) is 5.42. The molecule has 74 valence electrons. The maximum absolute atomic E-state index is 11.4. The Kier molecular flexibility index (Phi) is 2.41. The molecule has 3 atom stereocenters. The van der Waals surface area contributed by atoms with Crippen molar-refractivity contribution < 1.29 is 4.79 Å². The molecule has 2 aliphatic rings. The highest BCUT2D eigenvalue weighted by molar-refractivity contribution is 5.81. The summed E-state index contributed by atoms with van der Waals surface area (Å²) in [6.45, 7) is 1.73. The molecule has 1 aliphatic carbocycles. The van der Waals surface area contributed by atoms with Crippen LogP contribution in [0.2, 0.25) is 0 Å². The molecule has 0 bridgehead atoms. The average molecular weight is 181 g/mol. The Labute approximate surface area is 80.3 Å². The van der Waals surface area contributed by atoms with E-state index in [0.29, 0.717) is 11.8 Å². The van der Waals surface area contributed by atoms with E-state index in [0.717, 1.165) is 12.3 Å². The summed E-state index contributed by atoms with van der Waals surface area (Å²) in [5.41, 5.74) is 0. The molecule has 0 spiro atoms. The van der Waals surface area contributed by atoms with Crippen molar-refractivity contribution in [2.24, 2.45) is 5.92 Å². The summed E-state index contributed by atoms with van der Waals surface area (Å²) in [7, 11) is 2.13. The molecule has 1 aliphatic heterocycles. The van der Waals surface area contributed by atoms with Crippen molar-refractivity contribution in [2.45, 2.75) is 51.1 Å². The minimum atomic E-state index is 0.230. The smallest absolute Gasteiger partial charge is 0.146 e. The first kappa shape index (κ1) is 9.20. The average Bonchev–Trinajstić information content (AvgIpc) is 2.45. The number of carbonyl (C=O) groups excluding carboxylic acids is 1. The second kappa shape index (κ2) is 3.41. The molecule has 0 aromatic carbocycles. The maximum Gasteiger partial charge on any atom is 0.146 e. The Morgan fingerprint density at radius 3 is 2.62 bits per heavy atom. The summed E-state index contributed by atoms with van der Waals surface area (Å²) in [4.78, 5) is 13.7. The first-order valence-corrected chi connectivity index (χ1v) is 5.42. The third kappa shape index (κ3) is 1.52. The van der Waals surface area contributed by atoms with E-state index >= 15 is 0 Å². The van der Waals surface area contributed by atoms with Crippen molar-refractivity contribution in [1.29, 1.82) is 0 Å². The molecule has 0 aromatic rings. The van der Waals surface area contributed by atoms with E-state index in [2.05, 4.69) is 11.9 Å². The van der Waals surface area contributed by atoms with Crippen molar-refractivity contribution in [1.82, 2.24) is 4.90 Å². The van der Waals surface area contributed by atoms with Crippen LogP contribution in [-0.4, -0.2) is 29.8 Å². The van der Waals surface area contributed by atoms with Crippen molar-refractivity contribution in [2.75, 3.05) is 7.05 Å². The van der Waals surface area contributed by atoms with Crippen LogP contribution >= 0.6 is 0 Å². The molecular weight excluding hydrogens is 162 g/mol. The number of hydrogen-bond donors (Lipinski definition) is 0. The van der Waals surface area contributed by atoms with Gasteiger partial charge in [-0.25, -0.2) is 0 Å². The number of carbonyl (C=O) groups is 1. The van der Waals surface area contributed by atoms with Gasteiger partial charge in [-0.15, -0.1) is 0 Å². The number of ketones is 1. The van der Waals surface area contributed by atoms with Crippen LogP contribution in [0.3, 0.4) is 0 Å². The topological polar surface area (TPSA) is 20.3 Å². The molecule has 0 amide bonds. The Bertz CT molecular complexity index is 214. The van der Waals surface area contributed by atoms with Gasteiger partial charge in [0.15, 0.2) is 0 Å². The van der Waals surface area contributed by atoms with Crippen LogP contribution in [0.4, 0.5) is 0 Å². The number of likely N-dealkylation sites (tertiary alicyclic amines) is 1. The zero-order chi connectivity index (χ0) is 9.42. The fourth-order valence-corrected chi connectivity index (χ4v) is 3.14. The minimum Gasteiger partial charge on any atom is -0.298 e. The Morgan fingerprint density at radius 2 is 2.00 bits per heavy atom. The number of fused-ring (bicyclic) bond motifs is 1. The molecule has 0 aromatic heterocycles. The van der Waals surface area contributed by atoms with Crippen LogP contribution in [0.5, 0.6) is 0 Å². The molecule has 0 N–H and O–H groups in total. The minimum absolute atomic E-state index is 0.230. The molecule has 2 heteroatoms. The second-order valence-corrected chi connectivity index (χ2v) is 4.64. The molecule has 2 rings (SSSR count). The molecule has 2 fully saturated rings. The standard InChI is InChI=1S/C11H19NO/c1-8(13)11-7-9-5-3-4-6-10(9)12(11)2/h9-11H,3-7H2,1-2H3/t9?,10?,11-/m0/s1. The summed E-state index contributed by atoms with van der Waals surface area (Å²) in [6, 6.07) is 0.941. The summed E-state index contributed by atoms with van der Waals surface area (Å²) < 4.78 is 0. The van der Waals surface area contributed by atoms with Crippen molar-refractivity contribution in [3.8, 4) is 0 Å². The van der Waals surface area contributed by atoms with Gasteiger partial charge in [0.1, 0.15) is 5.78 Å². The number of rotatable bonds is 1. The number of hydrogen-bond acceptors (Lipinski definition) is 2. The quantitative estimate of drug-likeness (QED) is 0.615. The predicted molar refractivity (Wildman–Crippen MR) is 52.6 cm³/mol. The summed E-state index contributed by atoms with van der Waals surface area (Å²) in [5.74, 6) is 1.17. The predicted octanol–water partition coefficient (Wildman–Crippen LogP) is 1.84. The SMILES string of the molecule is CC(=O)[C@@H]1CC2CCCCC2N1C. The second-order valence-electron chi connectivity index (χ2n) is 4.64. The zero-order valence-corrected chi connectivity index (χ0v) is 8.62. The van der Waals surface area contributed by atoms with Gasteiger partial charge in [0.05, 0.1) is 6.04 Å². The fraction of sp³-hybridized carbons (Fsp3) is 0.909. The summed E-state index contributed by atoms with van der Waals surface area (Å²) in [6.07, 6.45) is 6.51. The van der Waals surface area contributed by atoms with Crippen LogP contribution in [0.15, 0.2) is 0 Å². The summed E-state index contributed by atoms with van der Waals surface area (Å²) in [5, 5.41) is 0. The fourth-order valence-electron chi connectivity index (χ4n) is 3.14. The van der Waals surface area contributed by atoms with E-state index in [4.69, 9.17) is 0 Å². The van der Waals surface area contributed by atoms with E-state index in [9.17, 15) is 4.79 Å². The van der Waals surface area contributed by atoms with Gasteiger partial charge in [-0.3, -0.25) is 9.69 Å². The van der Waals surface area contributed by atoms with E-state index in [1.165, 1.54) is 25.7 Å². The van der Waals surface area contributed by atoms with Gasteiger partial charge in [0.2, 0.25) is 0 Å². The molecule has 1 heterocycles. The third-order valence-corrected chi connectivity index (χ3v) is 3.88. The van der Waals surface area contributed by atoms with Gasteiger partial charge in [-0.1, -0.05) is 12.8 Å². The monoisotopic (exact) mass is 181 g/mol. The summed E-state index contributed by atoms with van der Waals surface area (Å²) >= 11 is 0. The third-order valence-electron chi connectivity index (χ3n) is 3.88. The highest BCUT2D eigenvalue weighted by Gasteiger charge is 2.41. The zero-order valence-electron chi connectivity index (χ0n) is 8.62. The lowest BCUT2D eigenvalue weighted by Crippen LogP contribution is -2.38. The Hall–Kier alpha value is -0.370. The molecule has 13 heavy (non-hydrogen) atoms. The largest absolute Gasteiger partial charge is 0.298 e. The van der Waals surface area contributed by atoms with Crippen molar-refractivity contribution in [3.05, 3.63) is 0 Å². The molecule has 1 saturated carbocycles. The normalized spacial score (nSPS) is 40.3. The maximum atomic E-state index is 11.4. The number of Topliss-reactive ketones (excluding diaryl/α,β-unsaturated/α-hetero) is 1. The number of nitrogens with zero attached hydrogens (tertiary/aromatic N) is 1. The highest BCUT2D eigenvalue weighted by Crippen LogP contribution is 2.38. The molecule has 2 nitrogen and oxygen atoms in total. The Balaban J connectivity index is 2.09. The Morgan fingerprint density at radius 1 is 1.31 bits per heavy atom. The van der Waals surface area contributed by atoms with Gasteiger partial charge in [-0.05, 0) is 39.2 Å². The number of likely N-dealkylation sites (N-methyl/N-ethyl adjacent to an activating group) is 1. The van der Waals surface area contributed by atoms with Crippen LogP contribution in [0.1, 0.15) is 39.0 Å². The lowest BCUT2D eigenvalue weighted by Gasteiger charge is -2.30. The van der Waals surface area contributed by atoms with Crippen molar-refractivity contribution >= 4 is 5.78 Å². The molecule has 1 saturated heterocycles. The van der Waals surface area contributed by atoms with Gasteiger partial charge < -0.3 is 0 Å². The van der Waals surface area contributed by atoms with Crippen molar-refractivity contribution in [3.63, 3.8) is 0 Å². The molecular formula is C11H19NO. The van der Waals surface area contributed by atoms with E-state index in [1.54, 1.807) is 6.92 Å². The van der Waals surface area contributed by atoms with Gasteiger partial charge in [0.25, 0.3) is 0 Å². The first-order chi connectivity index (χ1) is 6.20. The van der Waals surface area contributed by atoms with Crippen LogP contribution < -0.4 is 0 Å². The lowest BCUT2D eigenvalue weighted by atomic mass is 9.84. The lowest BCUT2D eigenvalue weighted by molar-refractivity contribution is -0.121. The van der Waals surface area contributed by atoms with Gasteiger partial charge in [-0.2, -0.15) is 0 Å². The van der Waals surface area contributed by atoms with Gasteiger partial charge in [0, 0.05) is 6.04 Å². The van der Waals surface area contributed by atoms with Crippen LogP contribution in [0.25, 0.3) is 0 Å². The molecule has 0 radical (unpaired) electrons. The van der Waals surface area contributed by atoms with Gasteiger partial charge >= 0.3 is 0 Å². The van der Waals surface area contributed by atoms with E-state index < -0.39 is 0 Å². The van der Waals surface area contributed by atoms with E-state index in [1.807, 2.05) is 0 Å². The van der Waals surface area contributed by atoms with E-state index in [-0.39, 0.29) is 6.04 Å². The molecule has 2 unspecified atom stereocenters. The van der Waals surface area contributed by atoms with Crippen LogP contribution in [-0.2, 0) is 4.79 Å². The highest BCUT2D eigenvalue weighted by atomic mass is 16.1. The van der Waals surface area contributed by atoms with Crippen LogP contribution in [0, 0.1) is 5.92 Å².